The highest BCUT2D eigenvalue weighted by Crippen LogP contribution is 2.30. The zero-order valence-electron chi connectivity index (χ0n) is 17.2. The van der Waals surface area contributed by atoms with Gasteiger partial charge in [-0.25, -0.2) is 4.39 Å². The van der Waals surface area contributed by atoms with E-state index in [1.54, 1.807) is 52.9 Å². The molecule has 0 fully saturated rings. The average molecular weight is 433 g/mol. The van der Waals surface area contributed by atoms with Crippen LogP contribution in [0.5, 0.6) is 11.5 Å². The number of halogens is 1. The second-order valence-corrected chi connectivity index (χ2v) is 6.85. The number of carbonyl (C=O) groups is 1. The highest BCUT2D eigenvalue weighted by atomic mass is 31.0. The van der Waals surface area contributed by atoms with E-state index in [1.165, 1.54) is 6.07 Å². The molecule has 160 valence electrons. The third-order valence-corrected chi connectivity index (χ3v) is 4.72. The first-order valence-corrected chi connectivity index (χ1v) is 10.4. The van der Waals surface area contributed by atoms with Gasteiger partial charge < -0.3 is 23.9 Å². The van der Waals surface area contributed by atoms with Crippen molar-refractivity contribution in [3.8, 4) is 22.6 Å². The second kappa shape index (κ2) is 10.7. The molecule has 1 aromatic heterocycles. The molecule has 1 atom stereocenters. The Hall–Kier alpha value is -2.92. The largest absolute Gasteiger partial charge is 0.550 e. The Kier molecular flexibility index (Phi) is 8.36. The number of hydrogen-bond acceptors (Lipinski definition) is 5. The lowest BCUT2D eigenvalue weighted by molar-refractivity contribution is -0.302. The van der Waals surface area contributed by atoms with E-state index in [-0.39, 0.29) is 10.8 Å². The molecular weight excluding hydrogens is 408 g/mol. The Labute approximate surface area is 176 Å². The first-order chi connectivity index (χ1) is 14.3. The van der Waals surface area contributed by atoms with E-state index in [2.05, 4.69) is 0 Å². The molecule has 3 rings (SSSR count). The number of benzene rings is 2. The van der Waals surface area contributed by atoms with Crippen LogP contribution in [-0.2, 0) is 11.1 Å². The van der Waals surface area contributed by atoms with Crippen LogP contribution >= 0.6 is 9.24 Å². The SMILES string of the molecule is CC(=O)[O-].CCCOc1ccc(F)c2c(=O)c(-c3ccc(OC)cc3)cn(C[PH3+])c12. The Morgan fingerprint density at radius 1 is 1.20 bits per heavy atom. The Morgan fingerprint density at radius 2 is 1.83 bits per heavy atom. The molecule has 0 bridgehead atoms. The third-order valence-electron chi connectivity index (χ3n) is 4.24. The number of pyridine rings is 1. The normalized spacial score (nSPS) is 10.4. The van der Waals surface area contributed by atoms with E-state index >= 15 is 0 Å². The van der Waals surface area contributed by atoms with Crippen molar-refractivity contribution in [1.82, 2.24) is 4.57 Å². The number of carboxylic acids is 1. The maximum Gasteiger partial charge on any atom is 0.200 e. The number of methoxy groups -OCH3 is 1. The molecule has 6 nitrogen and oxygen atoms in total. The minimum Gasteiger partial charge on any atom is -0.550 e. The van der Waals surface area contributed by atoms with Gasteiger partial charge in [0.15, 0.2) is 5.43 Å². The Bertz CT molecular complexity index is 1080. The number of carbonyl (C=O) groups excluding carboxylic acids is 1. The fourth-order valence-electron chi connectivity index (χ4n) is 2.94. The van der Waals surface area contributed by atoms with E-state index in [0.717, 1.165) is 18.9 Å². The molecule has 0 aliphatic rings. The van der Waals surface area contributed by atoms with Gasteiger partial charge in [-0.3, -0.25) is 4.79 Å². The maximum absolute atomic E-state index is 14.6. The first-order valence-electron chi connectivity index (χ1n) is 9.43. The van der Waals surface area contributed by atoms with Crippen LogP contribution in [-0.4, -0.2) is 24.3 Å². The van der Waals surface area contributed by atoms with Gasteiger partial charge >= 0.3 is 0 Å². The molecule has 0 saturated heterocycles. The summed E-state index contributed by atoms with van der Waals surface area (Å²) >= 11 is 0. The summed E-state index contributed by atoms with van der Waals surface area (Å²) in [4.78, 5) is 21.9. The van der Waals surface area contributed by atoms with Crippen LogP contribution in [0.4, 0.5) is 4.39 Å². The van der Waals surface area contributed by atoms with Crippen molar-refractivity contribution in [1.29, 1.82) is 0 Å². The predicted molar refractivity (Wildman–Crippen MR) is 118 cm³/mol. The fraction of sp³-hybridized carbons (Fsp3) is 0.273. The number of fused-ring (bicyclic) bond motifs is 1. The molecule has 1 heterocycles. The molecule has 0 radical (unpaired) electrons. The monoisotopic (exact) mass is 433 g/mol. The van der Waals surface area contributed by atoms with Crippen molar-refractivity contribution in [2.24, 2.45) is 0 Å². The molecule has 0 amide bonds. The molecule has 8 heteroatoms. The van der Waals surface area contributed by atoms with Gasteiger partial charge in [-0.15, -0.1) is 0 Å². The molecule has 1 unspecified atom stereocenters. The van der Waals surface area contributed by atoms with Crippen molar-refractivity contribution in [3.05, 3.63) is 58.6 Å². The maximum atomic E-state index is 14.6. The van der Waals surface area contributed by atoms with E-state index in [9.17, 15) is 9.18 Å². The van der Waals surface area contributed by atoms with Crippen molar-refractivity contribution in [3.63, 3.8) is 0 Å². The number of hydrogen-bond donors (Lipinski definition) is 0. The zero-order chi connectivity index (χ0) is 22.3. The van der Waals surface area contributed by atoms with Crippen LogP contribution in [0.1, 0.15) is 20.3 Å². The highest BCUT2D eigenvalue weighted by molar-refractivity contribution is 7.15. The van der Waals surface area contributed by atoms with Gasteiger partial charge in [0.25, 0.3) is 0 Å². The lowest BCUT2D eigenvalue weighted by atomic mass is 10.0. The molecule has 0 spiro atoms. The summed E-state index contributed by atoms with van der Waals surface area (Å²) < 4.78 is 27.4. The second-order valence-electron chi connectivity index (χ2n) is 6.40. The standard InChI is InChI=1S/C20H21FNO3P.C2H4O2/c1-3-10-25-17-9-8-16(21)18-19(17)22(12-26)11-15(20(18)23)13-4-6-14(24-2)7-5-13;1-2(3)4/h4-9,11H,3,10,12,26H2,1-2H3;1H3,(H,3,4). The predicted octanol–water partition coefficient (Wildman–Crippen LogP) is 2.93. The van der Waals surface area contributed by atoms with Crippen LogP contribution in [0.2, 0.25) is 0 Å². The Morgan fingerprint density at radius 3 is 2.37 bits per heavy atom. The summed E-state index contributed by atoms with van der Waals surface area (Å²) in [5.74, 6) is -0.378. The van der Waals surface area contributed by atoms with Crippen LogP contribution in [0.3, 0.4) is 0 Å². The average Bonchev–Trinajstić information content (AvgIpc) is 2.73. The summed E-state index contributed by atoms with van der Waals surface area (Å²) in [7, 11) is 3.32. The summed E-state index contributed by atoms with van der Waals surface area (Å²) in [6.07, 6.45) is 3.23. The molecule has 2 aromatic carbocycles. The first kappa shape index (κ1) is 23.4. The van der Waals surface area contributed by atoms with Crippen molar-refractivity contribution >= 4 is 26.1 Å². The summed E-state index contributed by atoms with van der Waals surface area (Å²) in [6.45, 7) is 3.49. The van der Waals surface area contributed by atoms with Crippen LogP contribution in [0, 0.1) is 5.82 Å². The number of rotatable bonds is 6. The number of aliphatic carboxylic acids is 1. The Balaban J connectivity index is 0.000000735. The van der Waals surface area contributed by atoms with Crippen LogP contribution < -0.4 is 20.0 Å². The smallest absolute Gasteiger partial charge is 0.200 e. The highest BCUT2D eigenvalue weighted by Gasteiger charge is 2.18. The number of carboxylic acid groups (broad SMARTS) is 1. The van der Waals surface area contributed by atoms with Gasteiger partial charge in [0.1, 0.15) is 29.1 Å². The van der Waals surface area contributed by atoms with E-state index in [0.29, 0.717) is 35.5 Å². The minimum atomic E-state index is -1.08. The molecule has 0 saturated carbocycles. The van der Waals surface area contributed by atoms with Crippen molar-refractivity contribution in [2.45, 2.75) is 26.6 Å². The lowest BCUT2D eigenvalue weighted by Gasteiger charge is -2.15. The van der Waals surface area contributed by atoms with Gasteiger partial charge in [-0.1, -0.05) is 19.1 Å². The lowest BCUT2D eigenvalue weighted by Crippen LogP contribution is -2.16. The van der Waals surface area contributed by atoms with E-state index in [1.807, 2.05) is 11.5 Å². The molecule has 30 heavy (non-hydrogen) atoms. The van der Waals surface area contributed by atoms with Gasteiger partial charge in [0.05, 0.1) is 19.1 Å². The molecule has 0 N–H and O–H groups in total. The summed E-state index contributed by atoms with van der Waals surface area (Å²) in [6, 6.07) is 10.1. The van der Waals surface area contributed by atoms with Crippen LogP contribution in [0.15, 0.2) is 47.4 Å². The molecule has 3 aromatic rings. The summed E-state index contributed by atoms with van der Waals surface area (Å²) in [5.41, 5.74) is 1.36. The number of ether oxygens (including phenoxy) is 2. The van der Waals surface area contributed by atoms with E-state index in [4.69, 9.17) is 19.4 Å². The zero-order valence-corrected chi connectivity index (χ0v) is 18.7. The number of aromatic nitrogens is 1. The minimum absolute atomic E-state index is 0.0681. The molecular formula is C22H25FNO5P. The summed E-state index contributed by atoms with van der Waals surface area (Å²) in [5, 5.41) is 8.96. The molecule has 0 aliphatic carbocycles. The number of nitrogens with zero attached hydrogens (tertiary/aromatic N) is 1. The van der Waals surface area contributed by atoms with Crippen molar-refractivity contribution < 1.29 is 23.8 Å². The van der Waals surface area contributed by atoms with Gasteiger partial charge in [0.2, 0.25) is 0 Å². The van der Waals surface area contributed by atoms with E-state index < -0.39 is 11.8 Å². The quantitative estimate of drug-likeness (QED) is 0.559. The molecule has 0 aliphatic heterocycles. The fourth-order valence-corrected chi connectivity index (χ4v) is 3.30. The van der Waals surface area contributed by atoms with Gasteiger partial charge in [-0.05, 0) is 52.4 Å². The van der Waals surface area contributed by atoms with Gasteiger partial charge in [0, 0.05) is 17.7 Å². The van der Waals surface area contributed by atoms with Crippen molar-refractivity contribution in [2.75, 3.05) is 13.7 Å². The third kappa shape index (κ3) is 5.36. The van der Waals surface area contributed by atoms with Gasteiger partial charge in [-0.2, -0.15) is 0 Å². The topological polar surface area (TPSA) is 80.6 Å². The van der Waals surface area contributed by atoms with Crippen LogP contribution in [0.25, 0.3) is 22.0 Å².